The Morgan fingerprint density at radius 2 is 1.65 bits per heavy atom. The highest BCUT2D eigenvalue weighted by molar-refractivity contribution is 5.88. The summed E-state index contributed by atoms with van der Waals surface area (Å²) < 4.78 is 32.4. The van der Waals surface area contributed by atoms with Gasteiger partial charge in [-0.1, -0.05) is 18.2 Å². The van der Waals surface area contributed by atoms with E-state index in [1.54, 1.807) is 6.07 Å². The molecule has 104 valence electrons. The van der Waals surface area contributed by atoms with Crippen LogP contribution in [0.15, 0.2) is 54.6 Å². The first-order chi connectivity index (χ1) is 9.47. The summed E-state index contributed by atoms with van der Waals surface area (Å²) in [5, 5.41) is 2.54. The van der Waals surface area contributed by atoms with E-state index in [1.807, 2.05) is 0 Å². The van der Waals surface area contributed by atoms with Crippen LogP contribution >= 0.6 is 0 Å². The van der Waals surface area contributed by atoms with Crippen LogP contribution in [0.5, 0.6) is 5.75 Å². The molecule has 0 fully saturated rings. The van der Waals surface area contributed by atoms with Crippen molar-refractivity contribution in [3.05, 3.63) is 60.2 Å². The van der Waals surface area contributed by atoms with Gasteiger partial charge in [-0.2, -0.15) is 8.78 Å². The Morgan fingerprint density at radius 3 is 2.20 bits per heavy atom. The third-order valence-electron chi connectivity index (χ3n) is 2.53. The maximum atomic E-state index is 13.9. The first-order valence-electron chi connectivity index (χ1n) is 5.97. The molecule has 0 radical (unpaired) electrons. The largest absolute Gasteiger partial charge is 0.429 e. The minimum absolute atomic E-state index is 0.0213. The van der Waals surface area contributed by atoms with Crippen molar-refractivity contribution in [2.24, 2.45) is 0 Å². The zero-order chi connectivity index (χ0) is 14.6. The smallest absolute Gasteiger partial charge is 0.426 e. The number of ether oxygens (including phenoxy) is 1. The number of nitrogens with one attached hydrogen (secondary N) is 1. The molecule has 0 aromatic heterocycles. The lowest BCUT2D eigenvalue weighted by atomic mass is 10.2. The maximum absolute atomic E-state index is 13.9. The van der Waals surface area contributed by atoms with Crippen LogP contribution in [-0.4, -0.2) is 5.91 Å². The van der Waals surface area contributed by atoms with E-state index in [0.29, 0.717) is 5.69 Å². The molecule has 0 aliphatic rings. The standard InChI is InChI=1S/C15H13F2NO2/c1-11(19)18-13-7-9-14(10-8-13)20-15(16,17)12-5-3-2-4-6-12/h2-10H,1H3,(H,18,19). The van der Waals surface area contributed by atoms with Gasteiger partial charge in [0.1, 0.15) is 5.75 Å². The summed E-state index contributed by atoms with van der Waals surface area (Å²) >= 11 is 0. The lowest BCUT2D eigenvalue weighted by Gasteiger charge is -2.18. The first kappa shape index (κ1) is 14.0. The Labute approximate surface area is 115 Å². The molecule has 2 aromatic carbocycles. The molecule has 0 aliphatic heterocycles. The minimum atomic E-state index is -3.41. The average Bonchev–Trinajstić information content (AvgIpc) is 2.41. The lowest BCUT2D eigenvalue weighted by Crippen LogP contribution is -2.21. The summed E-state index contributed by atoms with van der Waals surface area (Å²) in [6, 6.07) is 13.0. The van der Waals surface area contributed by atoms with Gasteiger partial charge in [-0.25, -0.2) is 0 Å². The van der Waals surface area contributed by atoms with Gasteiger partial charge in [-0.15, -0.1) is 0 Å². The van der Waals surface area contributed by atoms with Crippen molar-refractivity contribution < 1.29 is 18.3 Å². The van der Waals surface area contributed by atoms with E-state index in [2.05, 4.69) is 5.32 Å². The number of halogens is 2. The van der Waals surface area contributed by atoms with Crippen molar-refractivity contribution in [2.75, 3.05) is 5.32 Å². The second-order valence-corrected chi connectivity index (χ2v) is 4.19. The van der Waals surface area contributed by atoms with Gasteiger partial charge in [0.2, 0.25) is 5.91 Å². The van der Waals surface area contributed by atoms with Crippen molar-refractivity contribution in [3.8, 4) is 5.75 Å². The van der Waals surface area contributed by atoms with Crippen molar-refractivity contribution in [1.82, 2.24) is 0 Å². The second-order valence-electron chi connectivity index (χ2n) is 4.19. The van der Waals surface area contributed by atoms with E-state index in [-0.39, 0.29) is 17.2 Å². The van der Waals surface area contributed by atoms with Crippen molar-refractivity contribution in [3.63, 3.8) is 0 Å². The number of benzene rings is 2. The Kier molecular flexibility index (Phi) is 3.98. The van der Waals surface area contributed by atoms with Gasteiger partial charge in [0, 0.05) is 12.6 Å². The molecule has 0 aliphatic carbocycles. The molecule has 2 aromatic rings. The third kappa shape index (κ3) is 3.54. The molecule has 3 nitrogen and oxygen atoms in total. The van der Waals surface area contributed by atoms with Crippen molar-refractivity contribution >= 4 is 11.6 Å². The molecular formula is C15H13F2NO2. The summed E-state index contributed by atoms with van der Waals surface area (Å²) in [5.41, 5.74) is 0.304. The maximum Gasteiger partial charge on any atom is 0.426 e. The quantitative estimate of drug-likeness (QED) is 0.923. The number of anilines is 1. The van der Waals surface area contributed by atoms with Crippen LogP contribution in [0, 0.1) is 0 Å². The fourth-order valence-electron chi connectivity index (χ4n) is 1.65. The molecule has 20 heavy (non-hydrogen) atoms. The fraction of sp³-hybridized carbons (Fsp3) is 0.133. The van der Waals surface area contributed by atoms with E-state index < -0.39 is 6.11 Å². The van der Waals surface area contributed by atoms with Gasteiger partial charge in [0.05, 0.1) is 5.56 Å². The molecule has 0 bridgehead atoms. The number of alkyl halides is 2. The highest BCUT2D eigenvalue weighted by Crippen LogP contribution is 2.31. The molecule has 0 atom stereocenters. The van der Waals surface area contributed by atoms with Gasteiger partial charge >= 0.3 is 6.11 Å². The van der Waals surface area contributed by atoms with Crippen LogP contribution in [0.25, 0.3) is 0 Å². The molecule has 5 heteroatoms. The van der Waals surface area contributed by atoms with Gasteiger partial charge in [-0.3, -0.25) is 4.79 Å². The van der Waals surface area contributed by atoms with E-state index in [4.69, 9.17) is 4.74 Å². The highest BCUT2D eigenvalue weighted by atomic mass is 19.3. The monoisotopic (exact) mass is 277 g/mol. The van der Waals surface area contributed by atoms with Gasteiger partial charge in [0.15, 0.2) is 0 Å². The van der Waals surface area contributed by atoms with Crippen LogP contribution in [0.4, 0.5) is 14.5 Å². The Balaban J connectivity index is 2.11. The zero-order valence-electron chi connectivity index (χ0n) is 10.8. The number of hydrogen-bond acceptors (Lipinski definition) is 2. The topological polar surface area (TPSA) is 38.3 Å². The summed E-state index contributed by atoms with van der Waals surface area (Å²) in [6.45, 7) is 1.37. The molecular weight excluding hydrogens is 264 g/mol. The lowest BCUT2D eigenvalue weighted by molar-refractivity contribution is -0.185. The van der Waals surface area contributed by atoms with E-state index in [9.17, 15) is 13.6 Å². The van der Waals surface area contributed by atoms with Crippen LogP contribution in [0.1, 0.15) is 12.5 Å². The first-order valence-corrected chi connectivity index (χ1v) is 5.97. The average molecular weight is 277 g/mol. The Hall–Kier alpha value is -2.43. The van der Waals surface area contributed by atoms with Gasteiger partial charge in [-0.05, 0) is 36.4 Å². The fourth-order valence-corrected chi connectivity index (χ4v) is 1.65. The molecule has 0 spiro atoms. The molecule has 2 rings (SSSR count). The van der Waals surface area contributed by atoms with Crippen molar-refractivity contribution in [1.29, 1.82) is 0 Å². The molecule has 0 heterocycles. The second kappa shape index (κ2) is 5.69. The van der Waals surface area contributed by atoms with E-state index in [1.165, 1.54) is 55.5 Å². The van der Waals surface area contributed by atoms with Gasteiger partial charge in [0.25, 0.3) is 0 Å². The molecule has 0 saturated heterocycles. The number of amides is 1. The third-order valence-corrected chi connectivity index (χ3v) is 2.53. The van der Waals surface area contributed by atoms with E-state index in [0.717, 1.165) is 0 Å². The summed E-state index contributed by atoms with van der Waals surface area (Å²) in [4.78, 5) is 10.8. The van der Waals surface area contributed by atoms with E-state index >= 15 is 0 Å². The van der Waals surface area contributed by atoms with Crippen LogP contribution < -0.4 is 10.1 Å². The summed E-state index contributed by atoms with van der Waals surface area (Å²) in [5.74, 6) is -0.207. The molecule has 1 N–H and O–H groups in total. The Bertz CT molecular complexity index is 583. The summed E-state index contributed by atoms with van der Waals surface area (Å²) in [6.07, 6.45) is -3.41. The van der Waals surface area contributed by atoms with Gasteiger partial charge < -0.3 is 10.1 Å². The minimum Gasteiger partial charge on any atom is -0.429 e. The summed E-state index contributed by atoms with van der Waals surface area (Å²) in [7, 11) is 0. The number of rotatable bonds is 4. The van der Waals surface area contributed by atoms with Crippen LogP contribution in [0.3, 0.4) is 0 Å². The normalized spacial score (nSPS) is 10.9. The number of carbonyl (C=O) groups is 1. The number of hydrogen-bond donors (Lipinski definition) is 1. The van der Waals surface area contributed by atoms with Crippen LogP contribution in [0.2, 0.25) is 0 Å². The predicted octanol–water partition coefficient (Wildman–Crippen LogP) is 3.77. The Morgan fingerprint density at radius 1 is 1.05 bits per heavy atom. The SMILES string of the molecule is CC(=O)Nc1ccc(OC(F)(F)c2ccccc2)cc1. The highest BCUT2D eigenvalue weighted by Gasteiger charge is 2.34. The predicted molar refractivity (Wildman–Crippen MR) is 71.7 cm³/mol. The molecule has 0 unspecified atom stereocenters. The molecule has 1 amide bonds. The zero-order valence-corrected chi connectivity index (χ0v) is 10.8. The number of carbonyl (C=O) groups excluding carboxylic acids is 1. The van der Waals surface area contributed by atoms with Crippen LogP contribution in [-0.2, 0) is 10.9 Å². The van der Waals surface area contributed by atoms with Crippen molar-refractivity contribution in [2.45, 2.75) is 13.0 Å². The molecule has 0 saturated carbocycles.